The van der Waals surface area contributed by atoms with Crippen molar-refractivity contribution >= 4 is 5.91 Å². The van der Waals surface area contributed by atoms with E-state index in [4.69, 9.17) is 9.47 Å². The molecule has 1 aliphatic rings. The first-order valence-electron chi connectivity index (χ1n) is 7.63. The number of carbonyl (C=O) groups is 1. The Morgan fingerprint density at radius 2 is 2.09 bits per heavy atom. The lowest BCUT2D eigenvalue weighted by Gasteiger charge is -2.20. The van der Waals surface area contributed by atoms with Gasteiger partial charge in [0.2, 0.25) is 0 Å². The van der Waals surface area contributed by atoms with E-state index in [1.165, 1.54) is 0 Å². The molecule has 7 nitrogen and oxygen atoms in total. The van der Waals surface area contributed by atoms with E-state index in [0.717, 1.165) is 5.82 Å². The molecule has 3 rings (SSSR count). The van der Waals surface area contributed by atoms with Crippen LogP contribution in [0, 0.1) is 0 Å². The number of hydrogen-bond acceptors (Lipinski definition) is 5. The first-order valence-corrected chi connectivity index (χ1v) is 7.63. The van der Waals surface area contributed by atoms with Crippen molar-refractivity contribution in [2.75, 3.05) is 13.2 Å². The van der Waals surface area contributed by atoms with E-state index in [1.54, 1.807) is 18.2 Å². The molecular formula is C16H20N4O3. The van der Waals surface area contributed by atoms with Crippen molar-refractivity contribution in [2.45, 2.75) is 26.3 Å². The maximum atomic E-state index is 12.4. The normalized spacial score (nSPS) is 13.2. The highest BCUT2D eigenvalue weighted by molar-refractivity contribution is 5.97. The standard InChI is InChI=1S/C16H20N4O3/c1-10(2)15-19-18-13(20(15)3)9-17-16(21)11-5-4-6-12-14(11)23-8-7-22-12/h4-6,10H,7-9H2,1-3H3,(H,17,21). The third-order valence-electron chi connectivity index (χ3n) is 3.73. The van der Waals surface area contributed by atoms with Crippen molar-refractivity contribution < 1.29 is 14.3 Å². The van der Waals surface area contributed by atoms with Gasteiger partial charge in [-0.05, 0) is 12.1 Å². The predicted octanol–water partition coefficient (Wildman–Crippen LogP) is 1.64. The minimum Gasteiger partial charge on any atom is -0.486 e. The molecule has 0 saturated carbocycles. The van der Waals surface area contributed by atoms with E-state index in [1.807, 2.05) is 11.6 Å². The number of ether oxygens (including phenoxy) is 2. The minimum absolute atomic E-state index is 0.221. The number of aromatic nitrogens is 3. The van der Waals surface area contributed by atoms with Gasteiger partial charge >= 0.3 is 0 Å². The van der Waals surface area contributed by atoms with Gasteiger partial charge < -0.3 is 19.4 Å². The fourth-order valence-electron chi connectivity index (χ4n) is 2.54. The summed E-state index contributed by atoms with van der Waals surface area (Å²) >= 11 is 0. The van der Waals surface area contributed by atoms with Gasteiger partial charge in [-0.25, -0.2) is 0 Å². The van der Waals surface area contributed by atoms with E-state index in [-0.39, 0.29) is 11.8 Å². The first kappa shape index (κ1) is 15.3. The van der Waals surface area contributed by atoms with Crippen molar-refractivity contribution in [1.29, 1.82) is 0 Å². The van der Waals surface area contributed by atoms with Gasteiger partial charge in [0.05, 0.1) is 12.1 Å². The van der Waals surface area contributed by atoms with Crippen LogP contribution in [0.3, 0.4) is 0 Å². The second-order valence-electron chi connectivity index (χ2n) is 5.70. The number of rotatable bonds is 4. The zero-order valence-corrected chi connectivity index (χ0v) is 13.5. The molecule has 0 unspecified atom stereocenters. The van der Waals surface area contributed by atoms with E-state index in [2.05, 4.69) is 29.4 Å². The average molecular weight is 316 g/mol. The molecular weight excluding hydrogens is 296 g/mol. The smallest absolute Gasteiger partial charge is 0.255 e. The van der Waals surface area contributed by atoms with Crippen LogP contribution in [-0.4, -0.2) is 33.9 Å². The number of carbonyl (C=O) groups excluding carboxylic acids is 1. The van der Waals surface area contributed by atoms with Gasteiger partial charge in [0.1, 0.15) is 19.0 Å². The van der Waals surface area contributed by atoms with Gasteiger partial charge in [0.25, 0.3) is 5.91 Å². The van der Waals surface area contributed by atoms with Crippen molar-refractivity contribution in [3.63, 3.8) is 0 Å². The summed E-state index contributed by atoms with van der Waals surface area (Å²) in [6.07, 6.45) is 0. The quantitative estimate of drug-likeness (QED) is 0.928. The Balaban J connectivity index is 1.73. The number of nitrogens with one attached hydrogen (secondary N) is 1. The summed E-state index contributed by atoms with van der Waals surface area (Å²) in [6, 6.07) is 5.30. The van der Waals surface area contributed by atoms with E-state index >= 15 is 0 Å². The van der Waals surface area contributed by atoms with Crippen LogP contribution in [-0.2, 0) is 13.6 Å². The van der Waals surface area contributed by atoms with Crippen LogP contribution in [0.4, 0.5) is 0 Å². The third kappa shape index (κ3) is 2.99. The van der Waals surface area contributed by atoms with Crippen LogP contribution in [0.5, 0.6) is 11.5 Å². The van der Waals surface area contributed by atoms with Crippen LogP contribution in [0.1, 0.15) is 41.8 Å². The summed E-state index contributed by atoms with van der Waals surface area (Å²) < 4.78 is 13.0. The fraction of sp³-hybridized carbons (Fsp3) is 0.438. The molecule has 23 heavy (non-hydrogen) atoms. The molecule has 1 N–H and O–H groups in total. The lowest BCUT2D eigenvalue weighted by molar-refractivity contribution is 0.0938. The highest BCUT2D eigenvalue weighted by Gasteiger charge is 2.21. The number of fused-ring (bicyclic) bond motifs is 1. The van der Waals surface area contributed by atoms with Gasteiger partial charge in [-0.15, -0.1) is 10.2 Å². The summed E-state index contributed by atoms with van der Waals surface area (Å²) in [5.74, 6) is 2.76. The third-order valence-corrected chi connectivity index (χ3v) is 3.73. The number of hydrogen-bond donors (Lipinski definition) is 1. The number of para-hydroxylation sites is 1. The summed E-state index contributed by atoms with van der Waals surface area (Å²) in [5.41, 5.74) is 0.466. The maximum absolute atomic E-state index is 12.4. The van der Waals surface area contributed by atoms with Crippen molar-refractivity contribution in [3.8, 4) is 11.5 Å². The Bertz CT molecular complexity index is 724. The Morgan fingerprint density at radius 1 is 1.30 bits per heavy atom. The zero-order chi connectivity index (χ0) is 16.4. The van der Waals surface area contributed by atoms with Crippen LogP contribution >= 0.6 is 0 Å². The maximum Gasteiger partial charge on any atom is 0.255 e. The number of nitrogens with zero attached hydrogens (tertiary/aromatic N) is 3. The molecule has 1 aromatic heterocycles. The molecule has 0 aliphatic carbocycles. The molecule has 1 aromatic carbocycles. The highest BCUT2D eigenvalue weighted by atomic mass is 16.6. The molecule has 2 aromatic rings. The summed E-state index contributed by atoms with van der Waals surface area (Å²) in [5, 5.41) is 11.1. The lowest BCUT2D eigenvalue weighted by Crippen LogP contribution is -2.26. The van der Waals surface area contributed by atoms with E-state index < -0.39 is 0 Å². The second-order valence-corrected chi connectivity index (χ2v) is 5.70. The van der Waals surface area contributed by atoms with Crippen molar-refractivity contribution in [2.24, 2.45) is 7.05 Å². The Labute approximate surface area is 134 Å². The largest absolute Gasteiger partial charge is 0.486 e. The molecule has 122 valence electrons. The zero-order valence-electron chi connectivity index (χ0n) is 13.5. The number of amides is 1. The Morgan fingerprint density at radius 3 is 2.83 bits per heavy atom. The summed E-state index contributed by atoms with van der Waals surface area (Å²) in [4.78, 5) is 12.4. The summed E-state index contributed by atoms with van der Waals surface area (Å²) in [6.45, 7) is 5.35. The molecule has 0 saturated heterocycles. The van der Waals surface area contributed by atoms with Gasteiger partial charge in [-0.2, -0.15) is 0 Å². The Kier molecular flexibility index (Phi) is 4.18. The van der Waals surface area contributed by atoms with Crippen LogP contribution in [0.2, 0.25) is 0 Å². The SMILES string of the molecule is CC(C)c1nnc(CNC(=O)c2cccc3c2OCCO3)n1C. The highest BCUT2D eigenvalue weighted by Crippen LogP contribution is 2.33. The lowest BCUT2D eigenvalue weighted by atomic mass is 10.1. The molecule has 0 bridgehead atoms. The molecule has 7 heteroatoms. The molecule has 1 amide bonds. The van der Waals surface area contributed by atoms with E-state index in [0.29, 0.717) is 42.6 Å². The minimum atomic E-state index is -0.221. The molecule has 0 fully saturated rings. The Hall–Kier alpha value is -2.57. The fourth-order valence-corrected chi connectivity index (χ4v) is 2.54. The second kappa shape index (κ2) is 6.28. The van der Waals surface area contributed by atoms with Gasteiger partial charge in [0, 0.05) is 13.0 Å². The number of benzene rings is 1. The van der Waals surface area contributed by atoms with Gasteiger partial charge in [-0.3, -0.25) is 4.79 Å². The average Bonchev–Trinajstić information content (AvgIpc) is 2.93. The van der Waals surface area contributed by atoms with Crippen molar-refractivity contribution in [3.05, 3.63) is 35.4 Å². The predicted molar refractivity (Wildman–Crippen MR) is 83.7 cm³/mol. The van der Waals surface area contributed by atoms with Gasteiger partial charge in [-0.1, -0.05) is 19.9 Å². The molecule has 2 heterocycles. The first-order chi connectivity index (χ1) is 11.1. The molecule has 0 radical (unpaired) electrons. The monoisotopic (exact) mass is 316 g/mol. The van der Waals surface area contributed by atoms with Crippen LogP contribution in [0.25, 0.3) is 0 Å². The van der Waals surface area contributed by atoms with Gasteiger partial charge in [0.15, 0.2) is 17.3 Å². The van der Waals surface area contributed by atoms with Crippen molar-refractivity contribution in [1.82, 2.24) is 20.1 Å². The summed E-state index contributed by atoms with van der Waals surface area (Å²) in [7, 11) is 1.90. The van der Waals surface area contributed by atoms with Crippen LogP contribution in [0.15, 0.2) is 18.2 Å². The molecule has 1 aliphatic heterocycles. The van der Waals surface area contributed by atoms with E-state index in [9.17, 15) is 4.79 Å². The molecule has 0 spiro atoms. The van der Waals surface area contributed by atoms with Crippen LogP contribution < -0.4 is 14.8 Å². The molecule has 0 atom stereocenters. The topological polar surface area (TPSA) is 78.3 Å².